The maximum absolute atomic E-state index is 10.1. The average molecular weight is 221 g/mol. The van der Waals surface area contributed by atoms with Gasteiger partial charge in [0.15, 0.2) is 0 Å². The molecule has 0 heterocycles. The zero-order valence-corrected chi connectivity index (χ0v) is 9.90. The quantitative estimate of drug-likeness (QED) is 0.404. The van der Waals surface area contributed by atoms with Crippen molar-refractivity contribution in [3.05, 3.63) is 0 Å². The second-order valence-electron chi connectivity index (χ2n) is 3.48. The molecule has 0 radical (unpaired) electrons. The Kier molecular flexibility index (Phi) is 9.41. The van der Waals surface area contributed by atoms with Gasteiger partial charge in [0.25, 0.3) is 0 Å². The van der Waals surface area contributed by atoms with E-state index in [9.17, 15) is 4.79 Å². The van der Waals surface area contributed by atoms with Gasteiger partial charge < -0.3 is 19.8 Å². The topological polar surface area (TPSA) is 76.5 Å². The number of nitrogens with zero attached hydrogens (tertiary/aromatic N) is 1. The lowest BCUT2D eigenvalue weighted by atomic mass is 10.3. The van der Waals surface area contributed by atoms with Gasteiger partial charge in [-0.15, -0.1) is 0 Å². The summed E-state index contributed by atoms with van der Waals surface area (Å²) in [6.07, 6.45) is -0.366. The second-order valence-corrected chi connectivity index (χ2v) is 3.48. The molecule has 5 nitrogen and oxygen atoms in total. The summed E-state index contributed by atoms with van der Waals surface area (Å²) in [6, 6.07) is 0. The average Bonchev–Trinajstić information content (AvgIpc) is 2.19. The molecule has 0 rings (SSSR count). The monoisotopic (exact) mass is 221 g/mol. The third-order valence-electron chi connectivity index (χ3n) is 3.01. The van der Waals surface area contributed by atoms with Gasteiger partial charge in [0.2, 0.25) is 0 Å². The molecule has 0 fully saturated rings. The summed E-state index contributed by atoms with van der Waals surface area (Å²) in [5.74, 6) is 0. The van der Waals surface area contributed by atoms with Crippen molar-refractivity contribution in [2.75, 3.05) is 32.8 Å². The molecule has 0 aromatic carbocycles. The molecule has 0 unspecified atom stereocenters. The largest absolute Gasteiger partial charge is 0.870 e. The van der Waals surface area contributed by atoms with E-state index in [0.717, 1.165) is 37.1 Å². The van der Waals surface area contributed by atoms with E-state index < -0.39 is 6.16 Å². The fraction of sp³-hybridized carbons (Fsp3) is 0.900. The van der Waals surface area contributed by atoms with Gasteiger partial charge in [0, 0.05) is 6.42 Å². The minimum absolute atomic E-state index is 0. The van der Waals surface area contributed by atoms with E-state index in [-0.39, 0.29) is 5.48 Å². The van der Waals surface area contributed by atoms with Gasteiger partial charge in [0.05, 0.1) is 26.2 Å². The highest BCUT2D eigenvalue weighted by molar-refractivity contribution is 5.56. The Balaban J connectivity index is 0. The van der Waals surface area contributed by atoms with Crippen LogP contribution in [-0.4, -0.2) is 54.0 Å². The van der Waals surface area contributed by atoms with Crippen LogP contribution in [0.25, 0.3) is 0 Å². The Morgan fingerprint density at radius 3 is 2.00 bits per heavy atom. The van der Waals surface area contributed by atoms with Crippen molar-refractivity contribution in [2.45, 2.75) is 27.2 Å². The molecule has 92 valence electrons. The van der Waals surface area contributed by atoms with Crippen LogP contribution in [0.5, 0.6) is 0 Å². The van der Waals surface area contributed by atoms with Crippen molar-refractivity contribution in [3.8, 4) is 0 Å². The van der Waals surface area contributed by atoms with Crippen LogP contribution in [0.4, 0.5) is 4.79 Å². The van der Waals surface area contributed by atoms with Crippen LogP contribution < -0.4 is 0 Å². The lowest BCUT2D eigenvalue weighted by Crippen LogP contribution is -2.48. The van der Waals surface area contributed by atoms with Crippen molar-refractivity contribution in [1.29, 1.82) is 0 Å². The molecular formula is C10H23NO4. The Morgan fingerprint density at radius 1 is 1.20 bits per heavy atom. The van der Waals surface area contributed by atoms with Gasteiger partial charge in [0.1, 0.15) is 6.61 Å². The summed E-state index contributed by atoms with van der Waals surface area (Å²) < 4.78 is 5.52. The lowest BCUT2D eigenvalue weighted by molar-refractivity contribution is -0.923. The van der Waals surface area contributed by atoms with E-state index in [1.165, 1.54) is 0 Å². The molecule has 0 spiro atoms. The summed E-state index contributed by atoms with van der Waals surface area (Å²) in [5, 5.41) is 8.29. The van der Waals surface area contributed by atoms with Gasteiger partial charge in [-0.25, -0.2) is 4.79 Å². The van der Waals surface area contributed by atoms with Gasteiger partial charge in [-0.2, -0.15) is 0 Å². The van der Waals surface area contributed by atoms with E-state index in [0.29, 0.717) is 6.61 Å². The highest BCUT2D eigenvalue weighted by atomic mass is 16.7. The first-order valence-electron chi connectivity index (χ1n) is 5.31. The molecule has 2 N–H and O–H groups in total. The number of carbonyl (C=O) groups is 1. The highest BCUT2D eigenvalue weighted by Gasteiger charge is 2.19. The molecule has 0 aliphatic rings. The van der Waals surface area contributed by atoms with Crippen LogP contribution >= 0.6 is 0 Å². The Bertz CT molecular complexity index is 161. The van der Waals surface area contributed by atoms with E-state index in [4.69, 9.17) is 5.11 Å². The van der Waals surface area contributed by atoms with Crippen LogP contribution in [-0.2, 0) is 4.74 Å². The summed E-state index contributed by atoms with van der Waals surface area (Å²) in [4.78, 5) is 10.1. The highest BCUT2D eigenvalue weighted by Crippen LogP contribution is 2.07. The lowest BCUT2D eigenvalue weighted by Gasteiger charge is -2.35. The minimum atomic E-state index is -1.17. The maximum Gasteiger partial charge on any atom is 0.505 e. The van der Waals surface area contributed by atoms with Crippen molar-refractivity contribution >= 4 is 6.16 Å². The Labute approximate surface area is 91.5 Å². The summed E-state index contributed by atoms with van der Waals surface area (Å²) in [6.45, 7) is 11.1. The maximum atomic E-state index is 10.1. The number of hydrogen-bond acceptors (Lipinski definition) is 3. The van der Waals surface area contributed by atoms with E-state index >= 15 is 0 Å². The number of hydrogen-bond donors (Lipinski definition) is 1. The van der Waals surface area contributed by atoms with Crippen molar-refractivity contribution in [3.63, 3.8) is 0 Å². The Morgan fingerprint density at radius 2 is 1.67 bits per heavy atom. The van der Waals surface area contributed by atoms with Gasteiger partial charge in [-0.1, -0.05) is 0 Å². The van der Waals surface area contributed by atoms with E-state index in [1.54, 1.807) is 0 Å². The zero-order chi connectivity index (χ0) is 11.0. The summed E-state index contributed by atoms with van der Waals surface area (Å²) in [7, 11) is 0. The van der Waals surface area contributed by atoms with Crippen molar-refractivity contribution in [1.82, 2.24) is 0 Å². The molecule has 0 aliphatic carbocycles. The molecule has 0 atom stereocenters. The predicted octanol–water partition coefficient (Wildman–Crippen LogP) is 1.77. The molecular weight excluding hydrogens is 198 g/mol. The fourth-order valence-corrected chi connectivity index (χ4v) is 1.70. The van der Waals surface area contributed by atoms with Crippen molar-refractivity contribution in [2.24, 2.45) is 0 Å². The molecule has 0 aromatic rings. The normalized spacial score (nSPS) is 10.6. The molecule has 0 amide bonds. The van der Waals surface area contributed by atoms with Crippen molar-refractivity contribution < 1.29 is 24.6 Å². The SMILES string of the molecule is CC[N+](CC)(CC)CCCOC(=O)O.[OH-]. The molecule has 0 saturated heterocycles. The standard InChI is InChI=1S/C10H21NO3.H2O/c1-4-11(5-2,6-3)8-7-9-14-10(12)13;/h4-9H2,1-3H3;1H2. The minimum Gasteiger partial charge on any atom is -0.870 e. The zero-order valence-electron chi connectivity index (χ0n) is 9.90. The molecule has 0 aromatic heterocycles. The molecule has 0 bridgehead atoms. The first-order chi connectivity index (χ1) is 6.60. The van der Waals surface area contributed by atoms with Crippen LogP contribution in [0, 0.1) is 0 Å². The first-order valence-corrected chi connectivity index (χ1v) is 5.31. The number of quaternary nitrogens is 1. The molecule has 15 heavy (non-hydrogen) atoms. The van der Waals surface area contributed by atoms with Crippen LogP contribution in [0.2, 0.25) is 0 Å². The second kappa shape index (κ2) is 8.49. The molecule has 0 aliphatic heterocycles. The summed E-state index contributed by atoms with van der Waals surface area (Å²) in [5.41, 5.74) is 0. The third kappa shape index (κ3) is 6.30. The number of rotatable bonds is 7. The van der Waals surface area contributed by atoms with E-state index in [2.05, 4.69) is 25.5 Å². The number of ether oxygens (including phenoxy) is 1. The first kappa shape index (κ1) is 16.6. The fourth-order valence-electron chi connectivity index (χ4n) is 1.70. The van der Waals surface area contributed by atoms with E-state index in [1.807, 2.05) is 0 Å². The van der Waals surface area contributed by atoms with Gasteiger partial charge in [-0.05, 0) is 20.8 Å². The third-order valence-corrected chi connectivity index (χ3v) is 3.01. The van der Waals surface area contributed by atoms with Gasteiger partial charge in [-0.3, -0.25) is 0 Å². The van der Waals surface area contributed by atoms with Crippen LogP contribution in [0.3, 0.4) is 0 Å². The van der Waals surface area contributed by atoms with Gasteiger partial charge >= 0.3 is 6.16 Å². The smallest absolute Gasteiger partial charge is 0.505 e. The Hall–Kier alpha value is -0.810. The predicted molar refractivity (Wildman–Crippen MR) is 57.3 cm³/mol. The molecule has 5 heteroatoms. The van der Waals surface area contributed by atoms with Crippen LogP contribution in [0.1, 0.15) is 27.2 Å². The number of carboxylic acid groups (broad SMARTS) is 1. The summed E-state index contributed by atoms with van der Waals surface area (Å²) >= 11 is 0. The molecule has 0 saturated carbocycles. The van der Waals surface area contributed by atoms with Crippen LogP contribution in [0.15, 0.2) is 0 Å².